The minimum absolute atomic E-state index is 0.228. The van der Waals surface area contributed by atoms with Gasteiger partial charge in [-0.3, -0.25) is 4.79 Å². The van der Waals surface area contributed by atoms with Crippen molar-refractivity contribution in [3.63, 3.8) is 0 Å². The molecule has 0 fully saturated rings. The fourth-order valence-electron chi connectivity index (χ4n) is 1.42. The molecule has 1 heterocycles. The number of carboxylic acids is 1. The van der Waals surface area contributed by atoms with Gasteiger partial charge in [0.1, 0.15) is 6.42 Å². The van der Waals surface area contributed by atoms with E-state index < -0.39 is 5.97 Å². The number of rotatable bonds is 4. The van der Waals surface area contributed by atoms with Gasteiger partial charge in [0.25, 0.3) is 0 Å². The van der Waals surface area contributed by atoms with Gasteiger partial charge in [-0.2, -0.15) is 0 Å². The van der Waals surface area contributed by atoms with E-state index in [2.05, 4.69) is 15.5 Å². The van der Waals surface area contributed by atoms with Crippen molar-refractivity contribution in [2.24, 2.45) is 0 Å². The summed E-state index contributed by atoms with van der Waals surface area (Å²) in [6, 6.07) is 5.14. The lowest BCUT2D eigenvalue weighted by Gasteiger charge is -2.04. The van der Waals surface area contributed by atoms with Gasteiger partial charge in [-0.15, -0.1) is 5.10 Å². The largest absolute Gasteiger partial charge is 0.481 e. The number of aliphatic carboxylic acids is 1. The van der Waals surface area contributed by atoms with Gasteiger partial charge >= 0.3 is 5.97 Å². The van der Waals surface area contributed by atoms with Crippen molar-refractivity contribution < 1.29 is 9.90 Å². The Kier molecular flexibility index (Phi) is 3.78. The monoisotopic (exact) mass is 286 g/mol. The van der Waals surface area contributed by atoms with Gasteiger partial charge < -0.3 is 5.11 Å². The highest BCUT2D eigenvalue weighted by Gasteiger charge is 2.11. The lowest BCUT2D eigenvalue weighted by atomic mass is 10.2. The topological polar surface area (TPSA) is 80.9 Å². The Morgan fingerprint density at radius 1 is 1.33 bits per heavy atom. The normalized spacial score (nSPS) is 10.6. The molecule has 0 aliphatic rings. The second-order valence-electron chi connectivity index (χ2n) is 3.57. The molecule has 0 aliphatic carbocycles. The third-order valence-corrected chi connectivity index (χ3v) is 2.97. The Labute approximate surface area is 112 Å². The van der Waals surface area contributed by atoms with Gasteiger partial charge in [-0.1, -0.05) is 29.3 Å². The Bertz CT molecular complexity index is 585. The first-order chi connectivity index (χ1) is 8.56. The molecule has 8 heteroatoms. The van der Waals surface area contributed by atoms with Gasteiger partial charge in [-0.25, -0.2) is 4.68 Å². The van der Waals surface area contributed by atoms with E-state index in [-0.39, 0.29) is 12.2 Å². The van der Waals surface area contributed by atoms with Crippen LogP contribution in [0.5, 0.6) is 0 Å². The van der Waals surface area contributed by atoms with E-state index in [1.165, 1.54) is 4.68 Å². The standard InChI is InChI=1S/C10H8Cl2N4O2/c11-7-2-1-6(3-8(7)12)5-16-9(4-10(17)18)13-14-15-16/h1-3H,4-5H2,(H,17,18). The fourth-order valence-corrected chi connectivity index (χ4v) is 1.74. The molecule has 94 valence electrons. The Morgan fingerprint density at radius 2 is 2.11 bits per heavy atom. The summed E-state index contributed by atoms with van der Waals surface area (Å²) in [6.07, 6.45) is -0.228. The molecule has 6 nitrogen and oxygen atoms in total. The van der Waals surface area contributed by atoms with Gasteiger partial charge in [0.15, 0.2) is 5.82 Å². The predicted molar refractivity (Wildman–Crippen MR) is 64.7 cm³/mol. The third kappa shape index (κ3) is 2.96. The van der Waals surface area contributed by atoms with Crippen molar-refractivity contribution in [3.05, 3.63) is 39.6 Å². The van der Waals surface area contributed by atoms with Gasteiger partial charge in [0.05, 0.1) is 16.6 Å². The second kappa shape index (κ2) is 5.32. The van der Waals surface area contributed by atoms with Crippen LogP contribution in [0.15, 0.2) is 18.2 Å². The average Bonchev–Trinajstić information content (AvgIpc) is 2.70. The van der Waals surface area contributed by atoms with E-state index >= 15 is 0 Å². The van der Waals surface area contributed by atoms with Crippen LogP contribution in [0, 0.1) is 0 Å². The van der Waals surface area contributed by atoms with E-state index in [4.69, 9.17) is 28.3 Å². The highest BCUT2D eigenvalue weighted by Crippen LogP contribution is 2.22. The zero-order valence-corrected chi connectivity index (χ0v) is 10.6. The number of tetrazole rings is 1. The minimum atomic E-state index is -0.986. The van der Waals surface area contributed by atoms with Crippen LogP contribution in [0.2, 0.25) is 10.0 Å². The van der Waals surface area contributed by atoms with E-state index in [0.717, 1.165) is 5.56 Å². The van der Waals surface area contributed by atoms with E-state index in [0.29, 0.717) is 16.6 Å². The maximum absolute atomic E-state index is 10.6. The van der Waals surface area contributed by atoms with Gasteiger partial charge in [0.2, 0.25) is 0 Å². The van der Waals surface area contributed by atoms with E-state index in [1.54, 1.807) is 18.2 Å². The van der Waals surface area contributed by atoms with Crippen molar-refractivity contribution in [1.29, 1.82) is 0 Å². The number of hydrogen-bond donors (Lipinski definition) is 1. The molecule has 0 amide bonds. The van der Waals surface area contributed by atoms with E-state index in [1.807, 2.05) is 0 Å². The zero-order valence-electron chi connectivity index (χ0n) is 9.05. The van der Waals surface area contributed by atoms with Crippen LogP contribution in [0.4, 0.5) is 0 Å². The van der Waals surface area contributed by atoms with Gasteiger partial charge in [0, 0.05) is 0 Å². The molecule has 0 saturated carbocycles. The Balaban J connectivity index is 2.20. The van der Waals surface area contributed by atoms with Crippen LogP contribution in [0.25, 0.3) is 0 Å². The molecule has 0 unspecified atom stereocenters. The third-order valence-electron chi connectivity index (χ3n) is 2.23. The maximum atomic E-state index is 10.6. The fraction of sp³-hybridized carbons (Fsp3) is 0.200. The molecule has 2 rings (SSSR count). The van der Waals surface area contributed by atoms with E-state index in [9.17, 15) is 4.79 Å². The first kappa shape index (κ1) is 12.8. The molecule has 2 aromatic rings. The molecular weight excluding hydrogens is 279 g/mol. The number of carbonyl (C=O) groups is 1. The number of nitrogens with zero attached hydrogens (tertiary/aromatic N) is 4. The highest BCUT2D eigenvalue weighted by molar-refractivity contribution is 6.42. The average molecular weight is 287 g/mol. The number of hydrogen-bond acceptors (Lipinski definition) is 4. The quantitative estimate of drug-likeness (QED) is 0.924. The SMILES string of the molecule is O=C(O)Cc1nnnn1Cc1ccc(Cl)c(Cl)c1. The smallest absolute Gasteiger partial charge is 0.311 e. The van der Waals surface area contributed by atoms with Crippen molar-refractivity contribution in [2.75, 3.05) is 0 Å². The number of carboxylic acid groups (broad SMARTS) is 1. The predicted octanol–water partition coefficient (Wildman–Crippen LogP) is 1.66. The molecule has 1 aromatic heterocycles. The van der Waals surface area contributed by atoms with Crippen LogP contribution in [0.1, 0.15) is 11.4 Å². The summed E-state index contributed by atoms with van der Waals surface area (Å²) in [5.41, 5.74) is 0.836. The lowest BCUT2D eigenvalue weighted by molar-refractivity contribution is -0.136. The van der Waals surface area contributed by atoms with Crippen molar-refractivity contribution in [1.82, 2.24) is 20.2 Å². The molecule has 18 heavy (non-hydrogen) atoms. The highest BCUT2D eigenvalue weighted by atomic mass is 35.5. The molecule has 0 spiro atoms. The van der Waals surface area contributed by atoms with Crippen LogP contribution >= 0.6 is 23.2 Å². The Morgan fingerprint density at radius 3 is 2.78 bits per heavy atom. The number of aromatic nitrogens is 4. The molecule has 0 bridgehead atoms. The lowest BCUT2D eigenvalue weighted by Crippen LogP contribution is -2.11. The first-order valence-corrected chi connectivity index (χ1v) is 5.72. The van der Waals surface area contributed by atoms with Crippen molar-refractivity contribution >= 4 is 29.2 Å². The van der Waals surface area contributed by atoms with Crippen LogP contribution in [0.3, 0.4) is 0 Å². The molecule has 1 aromatic carbocycles. The second-order valence-corrected chi connectivity index (χ2v) is 4.39. The molecule has 0 saturated heterocycles. The summed E-state index contributed by atoms with van der Waals surface area (Å²) < 4.78 is 1.41. The van der Waals surface area contributed by atoms with Crippen LogP contribution in [-0.4, -0.2) is 31.3 Å². The summed E-state index contributed by atoms with van der Waals surface area (Å²) >= 11 is 11.7. The van der Waals surface area contributed by atoms with Crippen molar-refractivity contribution in [2.45, 2.75) is 13.0 Å². The summed E-state index contributed by atoms with van der Waals surface area (Å²) in [6.45, 7) is 0.340. The molecular formula is C10H8Cl2N4O2. The van der Waals surface area contributed by atoms with Crippen LogP contribution in [-0.2, 0) is 17.8 Å². The first-order valence-electron chi connectivity index (χ1n) is 4.97. The molecule has 1 N–H and O–H groups in total. The zero-order chi connectivity index (χ0) is 13.1. The van der Waals surface area contributed by atoms with Gasteiger partial charge in [-0.05, 0) is 28.1 Å². The molecule has 0 aliphatic heterocycles. The van der Waals surface area contributed by atoms with Crippen molar-refractivity contribution in [3.8, 4) is 0 Å². The summed E-state index contributed by atoms with van der Waals surface area (Å²) in [5.74, 6) is -0.700. The summed E-state index contributed by atoms with van der Waals surface area (Å²) in [4.78, 5) is 10.6. The minimum Gasteiger partial charge on any atom is -0.481 e. The van der Waals surface area contributed by atoms with Crippen LogP contribution < -0.4 is 0 Å². The molecule has 0 atom stereocenters. The number of halogens is 2. The maximum Gasteiger partial charge on any atom is 0.311 e. The summed E-state index contributed by atoms with van der Waals surface area (Å²) in [7, 11) is 0. The summed E-state index contributed by atoms with van der Waals surface area (Å²) in [5, 5.41) is 20.4. The Hall–Kier alpha value is -1.66. The molecule has 0 radical (unpaired) electrons. The number of benzene rings is 1.